The number of hydrogen-bond donors (Lipinski definition) is 2. The third-order valence-corrected chi connectivity index (χ3v) is 1.92. The van der Waals surface area contributed by atoms with E-state index >= 15 is 0 Å². The van der Waals surface area contributed by atoms with Crippen LogP contribution >= 0.6 is 0 Å². The van der Waals surface area contributed by atoms with E-state index in [1.165, 1.54) is 30.7 Å². The summed E-state index contributed by atoms with van der Waals surface area (Å²) in [6, 6.07) is 4.10. The van der Waals surface area contributed by atoms with Gasteiger partial charge in [-0.15, -0.1) is 0 Å². The van der Waals surface area contributed by atoms with E-state index in [-0.39, 0.29) is 17.1 Å². The average Bonchev–Trinajstić information content (AvgIpc) is 2.82. The van der Waals surface area contributed by atoms with Gasteiger partial charge in [0.2, 0.25) is 0 Å². The van der Waals surface area contributed by atoms with Gasteiger partial charge in [0.05, 0.1) is 5.56 Å². The summed E-state index contributed by atoms with van der Waals surface area (Å²) in [6.45, 7) is 0. The van der Waals surface area contributed by atoms with Crippen LogP contribution in [0.3, 0.4) is 0 Å². The van der Waals surface area contributed by atoms with Crippen molar-refractivity contribution in [2.24, 2.45) is 0 Å². The van der Waals surface area contributed by atoms with Crippen molar-refractivity contribution in [1.82, 2.24) is 10.1 Å². The summed E-state index contributed by atoms with van der Waals surface area (Å²) in [5.41, 5.74) is 0.112. The highest BCUT2D eigenvalue weighted by atomic mass is 16.5. The molecule has 0 unspecified atom stereocenters. The second-order valence-corrected chi connectivity index (χ2v) is 3.08. The van der Waals surface area contributed by atoms with Crippen LogP contribution in [0.2, 0.25) is 0 Å². The Hall–Kier alpha value is -2.70. The molecule has 0 aliphatic heterocycles. The number of carbonyl (C=O) groups is 2. The first kappa shape index (κ1) is 10.8. The number of anilines is 1. The van der Waals surface area contributed by atoms with Crippen LogP contribution in [0.1, 0.15) is 20.8 Å². The molecule has 7 heteroatoms. The quantitative estimate of drug-likeness (QED) is 0.819. The van der Waals surface area contributed by atoms with E-state index in [9.17, 15) is 9.59 Å². The summed E-state index contributed by atoms with van der Waals surface area (Å²) in [5, 5.41) is 14.6. The summed E-state index contributed by atoms with van der Waals surface area (Å²) in [5.74, 6) is -1.31. The van der Waals surface area contributed by atoms with Gasteiger partial charge in [0, 0.05) is 12.3 Å². The minimum atomic E-state index is -1.14. The van der Waals surface area contributed by atoms with E-state index in [4.69, 9.17) is 5.11 Å². The predicted octanol–water partition coefficient (Wildman–Crippen LogP) is 1.02. The molecule has 2 N–H and O–H groups in total. The number of amides is 1. The molecule has 2 aromatic rings. The van der Waals surface area contributed by atoms with Crippen LogP contribution in [0.5, 0.6) is 0 Å². The van der Waals surface area contributed by atoms with Crippen LogP contribution in [0, 0.1) is 0 Å². The monoisotopic (exact) mass is 233 g/mol. The highest BCUT2D eigenvalue weighted by molar-refractivity contribution is 6.03. The van der Waals surface area contributed by atoms with Crippen LogP contribution in [0.25, 0.3) is 0 Å². The fraction of sp³-hybridized carbons (Fsp3) is 0. The first-order chi connectivity index (χ1) is 8.16. The van der Waals surface area contributed by atoms with E-state index in [0.29, 0.717) is 0 Å². The van der Waals surface area contributed by atoms with Crippen LogP contribution in [0.4, 0.5) is 5.82 Å². The van der Waals surface area contributed by atoms with Gasteiger partial charge in [0.25, 0.3) is 5.91 Å². The standard InChI is InChI=1S/C10H7N3O4/c14-9(12-8-3-4-17-13-8)6-1-2-7(10(15)16)11-5-6/h1-5H,(H,15,16)(H,12,13,14). The van der Waals surface area contributed by atoms with Crippen molar-refractivity contribution in [1.29, 1.82) is 0 Å². The molecular weight excluding hydrogens is 226 g/mol. The fourth-order valence-electron chi connectivity index (χ4n) is 1.12. The number of aromatic nitrogens is 2. The smallest absolute Gasteiger partial charge is 0.354 e. The molecule has 2 heterocycles. The van der Waals surface area contributed by atoms with Crippen molar-refractivity contribution in [3.63, 3.8) is 0 Å². The molecule has 86 valence electrons. The predicted molar refractivity (Wildman–Crippen MR) is 55.7 cm³/mol. The van der Waals surface area contributed by atoms with Crippen LogP contribution in [-0.2, 0) is 0 Å². The van der Waals surface area contributed by atoms with Crippen molar-refractivity contribution >= 4 is 17.7 Å². The zero-order valence-corrected chi connectivity index (χ0v) is 8.45. The van der Waals surface area contributed by atoms with Gasteiger partial charge in [-0.25, -0.2) is 9.78 Å². The number of nitrogens with zero attached hydrogens (tertiary/aromatic N) is 2. The third kappa shape index (κ3) is 2.46. The zero-order valence-electron chi connectivity index (χ0n) is 8.45. The third-order valence-electron chi connectivity index (χ3n) is 1.92. The van der Waals surface area contributed by atoms with Gasteiger partial charge in [-0.05, 0) is 12.1 Å². The van der Waals surface area contributed by atoms with Gasteiger partial charge < -0.3 is 14.9 Å². The minimum Gasteiger partial charge on any atom is -0.477 e. The normalized spacial score (nSPS) is 9.88. The van der Waals surface area contributed by atoms with E-state index < -0.39 is 11.9 Å². The number of nitrogens with one attached hydrogen (secondary N) is 1. The van der Waals surface area contributed by atoms with Crippen molar-refractivity contribution in [3.8, 4) is 0 Å². The molecule has 0 saturated carbocycles. The van der Waals surface area contributed by atoms with Crippen LogP contribution in [-0.4, -0.2) is 27.1 Å². The molecule has 17 heavy (non-hydrogen) atoms. The number of aromatic carboxylic acids is 1. The lowest BCUT2D eigenvalue weighted by molar-refractivity contribution is 0.0690. The first-order valence-corrected chi connectivity index (χ1v) is 4.58. The summed E-state index contributed by atoms with van der Waals surface area (Å²) in [4.78, 5) is 25.8. The molecule has 2 rings (SSSR count). The first-order valence-electron chi connectivity index (χ1n) is 4.58. The number of carboxylic acid groups (broad SMARTS) is 1. The summed E-state index contributed by atoms with van der Waals surface area (Å²) in [7, 11) is 0. The molecule has 0 saturated heterocycles. The molecule has 0 radical (unpaired) electrons. The lowest BCUT2D eigenvalue weighted by Crippen LogP contribution is -2.13. The Labute approximate surface area is 95.1 Å². The zero-order chi connectivity index (χ0) is 12.3. The number of hydrogen-bond acceptors (Lipinski definition) is 5. The second-order valence-electron chi connectivity index (χ2n) is 3.08. The highest BCUT2D eigenvalue weighted by Gasteiger charge is 2.10. The van der Waals surface area contributed by atoms with Crippen LogP contribution in [0.15, 0.2) is 35.2 Å². The largest absolute Gasteiger partial charge is 0.477 e. The van der Waals surface area contributed by atoms with Crippen molar-refractivity contribution in [2.75, 3.05) is 5.32 Å². The Kier molecular flexibility index (Phi) is 2.82. The molecule has 0 fully saturated rings. The molecule has 0 atom stereocenters. The Morgan fingerprint density at radius 2 is 2.12 bits per heavy atom. The van der Waals surface area contributed by atoms with E-state index in [0.717, 1.165) is 0 Å². The summed E-state index contributed by atoms with van der Waals surface area (Å²) < 4.78 is 4.54. The molecule has 0 aliphatic carbocycles. The lowest BCUT2D eigenvalue weighted by atomic mass is 10.2. The summed E-state index contributed by atoms with van der Waals surface area (Å²) >= 11 is 0. The molecule has 7 nitrogen and oxygen atoms in total. The fourth-order valence-corrected chi connectivity index (χ4v) is 1.12. The molecule has 0 aromatic carbocycles. The van der Waals surface area contributed by atoms with Crippen molar-refractivity contribution in [3.05, 3.63) is 41.9 Å². The Bertz CT molecular complexity index is 533. The van der Waals surface area contributed by atoms with Gasteiger partial charge in [-0.3, -0.25) is 4.79 Å². The van der Waals surface area contributed by atoms with E-state index in [1.807, 2.05) is 0 Å². The molecule has 0 spiro atoms. The van der Waals surface area contributed by atoms with Crippen LogP contribution < -0.4 is 5.32 Å². The minimum absolute atomic E-state index is 0.122. The summed E-state index contributed by atoms with van der Waals surface area (Å²) in [6.07, 6.45) is 2.50. The SMILES string of the molecule is O=C(Nc1ccon1)c1ccc(C(=O)O)nc1. The maximum Gasteiger partial charge on any atom is 0.354 e. The highest BCUT2D eigenvalue weighted by Crippen LogP contribution is 2.06. The van der Waals surface area contributed by atoms with Gasteiger partial charge in [0.1, 0.15) is 12.0 Å². The number of carbonyl (C=O) groups excluding carboxylic acids is 1. The Morgan fingerprint density at radius 3 is 2.65 bits per heavy atom. The molecule has 2 aromatic heterocycles. The lowest BCUT2D eigenvalue weighted by Gasteiger charge is -2.00. The Balaban J connectivity index is 2.12. The maximum atomic E-state index is 11.6. The van der Waals surface area contributed by atoms with E-state index in [1.54, 1.807) is 0 Å². The Morgan fingerprint density at radius 1 is 1.29 bits per heavy atom. The van der Waals surface area contributed by atoms with Gasteiger partial charge in [0.15, 0.2) is 5.82 Å². The van der Waals surface area contributed by atoms with E-state index in [2.05, 4.69) is 20.0 Å². The molecule has 0 bridgehead atoms. The van der Waals surface area contributed by atoms with Crippen molar-refractivity contribution < 1.29 is 19.2 Å². The second kappa shape index (κ2) is 4.44. The van der Waals surface area contributed by atoms with Gasteiger partial charge in [-0.1, -0.05) is 5.16 Å². The molecular formula is C10H7N3O4. The average molecular weight is 233 g/mol. The molecule has 0 aliphatic rings. The maximum absolute atomic E-state index is 11.6. The number of rotatable bonds is 3. The van der Waals surface area contributed by atoms with Crippen molar-refractivity contribution in [2.45, 2.75) is 0 Å². The number of carboxylic acids is 1. The topological polar surface area (TPSA) is 105 Å². The van der Waals surface area contributed by atoms with Gasteiger partial charge in [-0.2, -0.15) is 0 Å². The van der Waals surface area contributed by atoms with Gasteiger partial charge >= 0.3 is 5.97 Å². The molecule has 1 amide bonds. The number of pyridine rings is 1.